The molecule has 96 valence electrons. The van der Waals surface area contributed by atoms with E-state index in [1.165, 1.54) is 17.3 Å². The molecule has 3 N–H and O–H groups in total. The van der Waals surface area contributed by atoms with Crippen molar-refractivity contribution in [3.63, 3.8) is 0 Å². The standard InChI is InChI=1S/C12H15N3OS2/c13-8-1-2-10-11(5-8)16-12(15-10)14-6-9-7-17-3-4-18-9/h1-2,5,9H,3-4,6-7,13H2,(H,14,15). The van der Waals surface area contributed by atoms with Crippen LogP contribution in [0, 0.1) is 0 Å². The summed E-state index contributed by atoms with van der Waals surface area (Å²) < 4.78 is 5.62. The second-order valence-electron chi connectivity index (χ2n) is 4.19. The highest BCUT2D eigenvalue weighted by atomic mass is 32.2. The summed E-state index contributed by atoms with van der Waals surface area (Å²) in [5.74, 6) is 3.70. The number of hydrogen-bond donors (Lipinski definition) is 2. The first-order valence-corrected chi connectivity index (χ1v) is 8.11. The SMILES string of the molecule is Nc1ccc2nc(NCC3CSCCS3)oc2c1. The number of nitrogens with one attached hydrogen (secondary N) is 1. The highest BCUT2D eigenvalue weighted by Crippen LogP contribution is 2.25. The number of nitrogens with zero attached hydrogens (tertiary/aromatic N) is 1. The van der Waals surface area contributed by atoms with Crippen LogP contribution in [0.4, 0.5) is 11.7 Å². The molecule has 0 radical (unpaired) electrons. The van der Waals surface area contributed by atoms with Crippen molar-refractivity contribution < 1.29 is 4.42 Å². The van der Waals surface area contributed by atoms with E-state index in [0.29, 0.717) is 17.0 Å². The van der Waals surface area contributed by atoms with Gasteiger partial charge < -0.3 is 15.5 Å². The Morgan fingerprint density at radius 2 is 2.39 bits per heavy atom. The maximum absolute atomic E-state index is 5.71. The Labute approximate surface area is 114 Å². The first-order chi connectivity index (χ1) is 8.81. The molecule has 18 heavy (non-hydrogen) atoms. The van der Waals surface area contributed by atoms with E-state index in [0.717, 1.165) is 17.6 Å². The average molecular weight is 281 g/mol. The van der Waals surface area contributed by atoms with E-state index in [4.69, 9.17) is 10.2 Å². The highest BCUT2D eigenvalue weighted by molar-refractivity contribution is 8.06. The van der Waals surface area contributed by atoms with Gasteiger partial charge in [0.2, 0.25) is 0 Å². The quantitative estimate of drug-likeness (QED) is 0.843. The van der Waals surface area contributed by atoms with Gasteiger partial charge in [-0.05, 0) is 12.1 Å². The number of thioether (sulfide) groups is 2. The number of rotatable bonds is 3. The van der Waals surface area contributed by atoms with Crippen molar-refractivity contribution in [3.8, 4) is 0 Å². The van der Waals surface area contributed by atoms with Crippen molar-refractivity contribution in [1.29, 1.82) is 0 Å². The van der Waals surface area contributed by atoms with Crippen LogP contribution in [0.1, 0.15) is 0 Å². The topological polar surface area (TPSA) is 64.1 Å². The molecule has 0 bridgehead atoms. The highest BCUT2D eigenvalue weighted by Gasteiger charge is 2.15. The molecule has 1 atom stereocenters. The fourth-order valence-corrected chi connectivity index (χ4v) is 4.48. The minimum Gasteiger partial charge on any atom is -0.423 e. The minimum atomic E-state index is 0.590. The van der Waals surface area contributed by atoms with Gasteiger partial charge in [0.25, 0.3) is 6.01 Å². The predicted molar refractivity (Wildman–Crippen MR) is 80.5 cm³/mol. The molecule has 4 nitrogen and oxygen atoms in total. The molecule has 1 aliphatic heterocycles. The molecule has 0 spiro atoms. The molecule has 1 saturated heterocycles. The maximum atomic E-state index is 5.71. The van der Waals surface area contributed by atoms with Crippen molar-refractivity contribution in [2.24, 2.45) is 0 Å². The third-order valence-electron chi connectivity index (χ3n) is 2.78. The van der Waals surface area contributed by atoms with E-state index in [9.17, 15) is 0 Å². The van der Waals surface area contributed by atoms with Gasteiger partial charge in [-0.1, -0.05) is 0 Å². The second-order valence-corrected chi connectivity index (χ2v) is 6.75. The third kappa shape index (κ3) is 2.70. The Kier molecular flexibility index (Phi) is 3.56. The van der Waals surface area contributed by atoms with Gasteiger partial charge in [0.1, 0.15) is 5.52 Å². The zero-order valence-electron chi connectivity index (χ0n) is 9.89. The molecule has 2 aromatic rings. The summed E-state index contributed by atoms with van der Waals surface area (Å²) >= 11 is 4.04. The normalized spacial score (nSPS) is 20.1. The summed E-state index contributed by atoms with van der Waals surface area (Å²) in [6.07, 6.45) is 0. The van der Waals surface area contributed by atoms with Crippen LogP contribution in [0.2, 0.25) is 0 Å². The Morgan fingerprint density at radius 3 is 3.22 bits per heavy atom. The van der Waals surface area contributed by atoms with Crippen LogP contribution in [-0.2, 0) is 0 Å². The van der Waals surface area contributed by atoms with E-state index in [1.54, 1.807) is 6.07 Å². The van der Waals surface area contributed by atoms with E-state index < -0.39 is 0 Å². The fourth-order valence-electron chi connectivity index (χ4n) is 1.87. The van der Waals surface area contributed by atoms with Crippen LogP contribution >= 0.6 is 23.5 Å². The number of nitrogen functional groups attached to an aromatic ring is 1. The average Bonchev–Trinajstić information content (AvgIpc) is 2.79. The van der Waals surface area contributed by atoms with Crippen molar-refractivity contribution in [1.82, 2.24) is 4.98 Å². The largest absolute Gasteiger partial charge is 0.423 e. The molecule has 0 saturated carbocycles. The number of anilines is 2. The van der Waals surface area contributed by atoms with Gasteiger partial charge >= 0.3 is 0 Å². The van der Waals surface area contributed by atoms with Gasteiger partial charge in [-0.2, -0.15) is 28.5 Å². The zero-order chi connectivity index (χ0) is 12.4. The van der Waals surface area contributed by atoms with Gasteiger partial charge in [0.15, 0.2) is 5.58 Å². The smallest absolute Gasteiger partial charge is 0.295 e. The van der Waals surface area contributed by atoms with Gasteiger partial charge in [0, 0.05) is 40.8 Å². The monoisotopic (exact) mass is 281 g/mol. The Hall–Kier alpha value is -1.01. The third-order valence-corrected chi connectivity index (χ3v) is 5.62. The van der Waals surface area contributed by atoms with Gasteiger partial charge in [-0.25, -0.2) is 0 Å². The van der Waals surface area contributed by atoms with Crippen LogP contribution in [0.5, 0.6) is 0 Å². The first-order valence-electron chi connectivity index (χ1n) is 5.90. The molecular weight excluding hydrogens is 266 g/mol. The number of aromatic nitrogens is 1. The Morgan fingerprint density at radius 1 is 1.44 bits per heavy atom. The molecule has 1 fully saturated rings. The Bertz CT molecular complexity index is 537. The molecule has 3 rings (SSSR count). The van der Waals surface area contributed by atoms with Crippen LogP contribution in [-0.4, -0.2) is 34.0 Å². The summed E-state index contributed by atoms with van der Waals surface area (Å²) in [5, 5.41) is 3.91. The molecule has 0 amide bonds. The lowest BCUT2D eigenvalue weighted by Gasteiger charge is -2.20. The molecule has 1 aromatic heterocycles. The molecule has 6 heteroatoms. The zero-order valence-corrected chi connectivity index (χ0v) is 11.5. The van der Waals surface area contributed by atoms with Gasteiger partial charge in [-0.3, -0.25) is 0 Å². The fraction of sp³-hybridized carbons (Fsp3) is 0.417. The van der Waals surface area contributed by atoms with Crippen LogP contribution < -0.4 is 11.1 Å². The van der Waals surface area contributed by atoms with E-state index in [1.807, 2.05) is 35.7 Å². The molecular formula is C12H15N3OS2. The number of benzene rings is 1. The molecule has 1 aliphatic rings. The summed E-state index contributed by atoms with van der Waals surface area (Å²) in [6.45, 7) is 0.903. The molecule has 2 heterocycles. The second kappa shape index (κ2) is 5.32. The number of nitrogens with two attached hydrogens (primary N) is 1. The number of hydrogen-bond acceptors (Lipinski definition) is 6. The van der Waals surface area contributed by atoms with E-state index in [2.05, 4.69) is 10.3 Å². The van der Waals surface area contributed by atoms with Gasteiger partial charge in [-0.15, -0.1) is 0 Å². The molecule has 1 aromatic carbocycles. The predicted octanol–water partition coefficient (Wildman–Crippen LogP) is 2.67. The maximum Gasteiger partial charge on any atom is 0.295 e. The van der Waals surface area contributed by atoms with Crippen molar-refractivity contribution in [3.05, 3.63) is 18.2 Å². The van der Waals surface area contributed by atoms with Crippen molar-refractivity contribution >= 4 is 46.3 Å². The summed E-state index contributed by atoms with van der Waals surface area (Å²) in [7, 11) is 0. The van der Waals surface area contributed by atoms with Gasteiger partial charge in [0.05, 0.1) is 0 Å². The van der Waals surface area contributed by atoms with Crippen LogP contribution in [0.25, 0.3) is 11.1 Å². The summed E-state index contributed by atoms with van der Waals surface area (Å²) in [6, 6.07) is 6.11. The minimum absolute atomic E-state index is 0.590. The molecule has 0 aliphatic carbocycles. The molecule has 1 unspecified atom stereocenters. The van der Waals surface area contributed by atoms with Crippen molar-refractivity contribution in [2.45, 2.75) is 5.25 Å². The first kappa shape index (κ1) is 12.0. The summed E-state index contributed by atoms with van der Waals surface area (Å²) in [4.78, 5) is 4.39. The van der Waals surface area contributed by atoms with Crippen LogP contribution in [0.15, 0.2) is 22.6 Å². The summed E-state index contributed by atoms with van der Waals surface area (Å²) in [5.41, 5.74) is 7.99. The number of fused-ring (bicyclic) bond motifs is 1. The van der Waals surface area contributed by atoms with E-state index >= 15 is 0 Å². The number of oxazole rings is 1. The van der Waals surface area contributed by atoms with E-state index in [-0.39, 0.29) is 0 Å². The lowest BCUT2D eigenvalue weighted by molar-refractivity contribution is 0.614. The van der Waals surface area contributed by atoms with Crippen molar-refractivity contribution in [2.75, 3.05) is 34.9 Å². The Balaban J connectivity index is 1.67. The van der Waals surface area contributed by atoms with Crippen LogP contribution in [0.3, 0.4) is 0 Å². The lowest BCUT2D eigenvalue weighted by Crippen LogP contribution is -2.23. The lowest BCUT2D eigenvalue weighted by atomic mass is 10.3.